The highest BCUT2D eigenvalue weighted by Gasteiger charge is 2.53. The first-order valence-electron chi connectivity index (χ1n) is 11.7. The zero-order chi connectivity index (χ0) is 23.4. The van der Waals surface area contributed by atoms with Gasteiger partial charge in [0.25, 0.3) is 5.91 Å². The van der Waals surface area contributed by atoms with Gasteiger partial charge in [-0.1, -0.05) is 29.8 Å². The highest BCUT2D eigenvalue weighted by molar-refractivity contribution is 6.31. The van der Waals surface area contributed by atoms with Crippen LogP contribution in [0.25, 0.3) is 0 Å². The quantitative estimate of drug-likeness (QED) is 0.400. The van der Waals surface area contributed by atoms with Gasteiger partial charge in [-0.3, -0.25) is 24.3 Å². The Balaban J connectivity index is 1.23. The number of anilines is 1. The largest absolute Gasteiger partial charge is 0.320 e. The molecule has 0 saturated heterocycles. The van der Waals surface area contributed by atoms with Crippen LogP contribution in [0.5, 0.6) is 0 Å². The molecule has 4 saturated carbocycles. The van der Waals surface area contributed by atoms with Crippen molar-refractivity contribution in [1.29, 1.82) is 0 Å². The summed E-state index contributed by atoms with van der Waals surface area (Å²) < 4.78 is 3.41. The second-order valence-electron chi connectivity index (χ2n) is 10.2. The summed E-state index contributed by atoms with van der Waals surface area (Å²) in [5.74, 6) is 1.38. The van der Waals surface area contributed by atoms with E-state index in [9.17, 15) is 14.9 Å². The number of carbonyl (C=O) groups is 1. The van der Waals surface area contributed by atoms with Crippen molar-refractivity contribution in [3.63, 3.8) is 0 Å². The Labute approximate surface area is 201 Å². The molecule has 1 aromatic carbocycles. The number of rotatable bonds is 6. The van der Waals surface area contributed by atoms with Crippen LogP contribution in [0.1, 0.15) is 54.6 Å². The highest BCUT2D eigenvalue weighted by Crippen LogP contribution is 2.58. The van der Waals surface area contributed by atoms with Crippen LogP contribution in [-0.2, 0) is 12.1 Å². The first-order valence-corrected chi connectivity index (χ1v) is 12.1. The van der Waals surface area contributed by atoms with Gasteiger partial charge in [0.1, 0.15) is 6.20 Å². The van der Waals surface area contributed by atoms with E-state index in [0.29, 0.717) is 35.0 Å². The van der Waals surface area contributed by atoms with Gasteiger partial charge >= 0.3 is 5.69 Å². The van der Waals surface area contributed by atoms with Crippen LogP contribution < -0.4 is 5.32 Å². The Morgan fingerprint density at radius 2 is 1.82 bits per heavy atom. The lowest BCUT2D eigenvalue weighted by atomic mass is 9.53. The van der Waals surface area contributed by atoms with Gasteiger partial charge in [0.05, 0.1) is 28.9 Å². The molecule has 34 heavy (non-hydrogen) atoms. The Morgan fingerprint density at radius 1 is 1.15 bits per heavy atom. The van der Waals surface area contributed by atoms with Crippen molar-refractivity contribution in [3.8, 4) is 0 Å². The maximum absolute atomic E-state index is 13.1. The molecule has 2 aromatic heterocycles. The second-order valence-corrected chi connectivity index (χ2v) is 10.6. The smallest absolute Gasteiger partial charge is 0.318 e. The van der Waals surface area contributed by atoms with Crippen molar-refractivity contribution in [1.82, 2.24) is 19.6 Å². The number of benzene rings is 1. The molecule has 9 nitrogen and oxygen atoms in total. The molecule has 0 radical (unpaired) electrons. The van der Waals surface area contributed by atoms with Gasteiger partial charge in [-0.2, -0.15) is 10.2 Å². The molecule has 7 rings (SSSR count). The average Bonchev–Trinajstić information content (AvgIpc) is 3.42. The number of carbonyl (C=O) groups excluding carboxylic acids is 1. The van der Waals surface area contributed by atoms with Crippen LogP contribution in [0, 0.1) is 27.9 Å². The number of aromatic nitrogens is 4. The van der Waals surface area contributed by atoms with Gasteiger partial charge in [-0.15, -0.1) is 0 Å². The maximum Gasteiger partial charge on any atom is 0.320 e. The summed E-state index contributed by atoms with van der Waals surface area (Å²) in [5, 5.41) is 24.0. The van der Waals surface area contributed by atoms with Crippen LogP contribution in [-0.4, -0.2) is 30.4 Å². The molecular weight excluding hydrogens is 456 g/mol. The third-order valence-electron chi connectivity index (χ3n) is 7.78. The molecule has 0 atom stereocenters. The molecule has 4 fully saturated rings. The van der Waals surface area contributed by atoms with Crippen LogP contribution in [0.2, 0.25) is 5.02 Å². The van der Waals surface area contributed by atoms with Gasteiger partial charge in [0.2, 0.25) is 5.69 Å². The summed E-state index contributed by atoms with van der Waals surface area (Å²) in [7, 11) is 0. The number of amides is 1. The molecule has 1 N–H and O–H groups in total. The zero-order valence-corrected chi connectivity index (χ0v) is 19.3. The fourth-order valence-corrected chi connectivity index (χ4v) is 6.95. The number of hydrogen-bond acceptors (Lipinski definition) is 5. The molecule has 4 bridgehead atoms. The number of halogens is 1. The lowest BCUT2D eigenvalue weighted by molar-refractivity contribution is -0.385. The van der Waals surface area contributed by atoms with Gasteiger partial charge in [0.15, 0.2) is 0 Å². The number of nitro groups is 1. The van der Waals surface area contributed by atoms with Crippen LogP contribution in [0.15, 0.2) is 42.9 Å². The van der Waals surface area contributed by atoms with Crippen molar-refractivity contribution in [2.45, 2.75) is 50.6 Å². The Hall–Kier alpha value is -3.20. The molecule has 4 aliphatic carbocycles. The lowest BCUT2D eigenvalue weighted by Gasteiger charge is -2.56. The summed E-state index contributed by atoms with van der Waals surface area (Å²) in [5.41, 5.74) is 0.736. The third-order valence-corrected chi connectivity index (χ3v) is 8.15. The van der Waals surface area contributed by atoms with Crippen molar-refractivity contribution in [2.75, 3.05) is 5.32 Å². The van der Waals surface area contributed by atoms with E-state index >= 15 is 0 Å². The number of nitrogens with zero attached hydrogens (tertiary/aromatic N) is 5. The molecule has 4 aliphatic rings. The third kappa shape index (κ3) is 3.68. The molecule has 1 amide bonds. The molecule has 2 heterocycles. The summed E-state index contributed by atoms with van der Waals surface area (Å²) >= 11 is 6.22. The van der Waals surface area contributed by atoms with E-state index < -0.39 is 10.8 Å². The second kappa shape index (κ2) is 7.94. The molecule has 0 spiro atoms. The first kappa shape index (κ1) is 21.3. The fraction of sp³-hybridized carbons (Fsp3) is 0.458. The van der Waals surface area contributed by atoms with E-state index in [1.807, 2.05) is 24.3 Å². The Kier molecular flexibility index (Phi) is 4.98. The molecule has 10 heteroatoms. The number of nitrogens with one attached hydrogen (secondary N) is 1. The predicted octanol–water partition coefficient (Wildman–Crippen LogP) is 4.87. The van der Waals surface area contributed by atoms with E-state index in [-0.39, 0.29) is 16.9 Å². The van der Waals surface area contributed by atoms with E-state index in [1.54, 1.807) is 15.6 Å². The monoisotopic (exact) mass is 480 g/mol. The minimum atomic E-state index is -0.604. The van der Waals surface area contributed by atoms with Crippen molar-refractivity contribution >= 4 is 28.9 Å². The van der Waals surface area contributed by atoms with Crippen molar-refractivity contribution in [2.24, 2.45) is 17.8 Å². The first-order chi connectivity index (χ1) is 16.4. The summed E-state index contributed by atoms with van der Waals surface area (Å²) in [6, 6.07) is 7.47. The predicted molar refractivity (Wildman–Crippen MR) is 126 cm³/mol. The average molecular weight is 481 g/mol. The normalized spacial score (nSPS) is 27.1. The maximum atomic E-state index is 13.1. The van der Waals surface area contributed by atoms with E-state index in [0.717, 1.165) is 24.8 Å². The molecule has 176 valence electrons. The van der Waals surface area contributed by atoms with Crippen LogP contribution in [0.3, 0.4) is 0 Å². The van der Waals surface area contributed by atoms with Crippen molar-refractivity contribution in [3.05, 3.63) is 69.3 Å². The van der Waals surface area contributed by atoms with Gasteiger partial charge < -0.3 is 5.32 Å². The Morgan fingerprint density at radius 3 is 2.47 bits per heavy atom. The molecule has 3 aromatic rings. The molecule has 0 unspecified atom stereocenters. The summed E-state index contributed by atoms with van der Waals surface area (Å²) in [4.78, 5) is 24.3. The summed E-state index contributed by atoms with van der Waals surface area (Å²) in [6.07, 6.45) is 11.4. The van der Waals surface area contributed by atoms with Gasteiger partial charge in [-0.05, 0) is 67.9 Å². The summed E-state index contributed by atoms with van der Waals surface area (Å²) in [6.45, 7) is 0.441. The van der Waals surface area contributed by atoms with Gasteiger partial charge in [-0.25, -0.2) is 0 Å². The van der Waals surface area contributed by atoms with Crippen LogP contribution >= 0.6 is 11.6 Å². The van der Waals surface area contributed by atoms with Crippen molar-refractivity contribution < 1.29 is 9.72 Å². The topological polar surface area (TPSA) is 108 Å². The Bertz CT molecular complexity index is 1250. The highest BCUT2D eigenvalue weighted by atomic mass is 35.5. The zero-order valence-electron chi connectivity index (χ0n) is 18.6. The van der Waals surface area contributed by atoms with E-state index in [1.165, 1.54) is 31.7 Å². The molecular formula is C24H25ClN6O3. The van der Waals surface area contributed by atoms with Crippen LogP contribution in [0.4, 0.5) is 11.4 Å². The standard InChI is InChI=1S/C24H25ClN6O3/c25-20-4-2-1-3-18(20)12-29-13-19(11-26-29)27-23(32)22-21(31(33)34)14-30(28-22)24-8-15-5-16(9-24)7-17(6-15)10-24/h1-4,11,13-17H,5-10,12H2,(H,27,32). The van der Waals surface area contributed by atoms with Gasteiger partial charge in [0, 0.05) is 11.2 Å². The minimum Gasteiger partial charge on any atom is -0.318 e. The minimum absolute atomic E-state index is 0.153. The SMILES string of the molecule is O=C(Nc1cnn(Cc2ccccc2Cl)c1)c1nn(C23CC4CC(CC(C4)C2)C3)cc1[N+](=O)[O-]. The number of hydrogen-bond donors (Lipinski definition) is 1. The molecule has 0 aliphatic heterocycles. The van der Waals surface area contributed by atoms with E-state index in [2.05, 4.69) is 15.5 Å². The lowest BCUT2D eigenvalue weighted by Crippen LogP contribution is -2.52. The fourth-order valence-electron chi connectivity index (χ4n) is 6.75. The van der Waals surface area contributed by atoms with E-state index in [4.69, 9.17) is 11.6 Å².